The number of carbonyl (C=O) groups excluding carboxylic acids is 1. The topological polar surface area (TPSA) is 88.0 Å². The molecule has 0 spiro atoms. The minimum absolute atomic E-state index is 0.00718. The Balaban J connectivity index is 1.84. The lowest BCUT2D eigenvalue weighted by Gasteiger charge is -2.27. The maximum absolute atomic E-state index is 12.6. The van der Waals surface area contributed by atoms with Crippen LogP contribution < -0.4 is 5.32 Å². The van der Waals surface area contributed by atoms with E-state index in [-0.39, 0.29) is 11.4 Å². The van der Waals surface area contributed by atoms with Crippen LogP contribution in [-0.2, 0) is 5.54 Å². The number of nitrogens with one attached hydrogen (secondary N) is 1. The van der Waals surface area contributed by atoms with Gasteiger partial charge in [0.2, 0.25) is 5.88 Å². The Morgan fingerprint density at radius 3 is 2.54 bits per heavy atom. The number of nitrogens with zero attached hydrogens (tertiary/aromatic N) is 3. The highest BCUT2D eigenvalue weighted by Crippen LogP contribution is 2.23. The molecule has 0 bridgehead atoms. The lowest BCUT2D eigenvalue weighted by Crippen LogP contribution is -2.41. The number of pyridine rings is 1. The van der Waals surface area contributed by atoms with E-state index >= 15 is 0 Å². The summed E-state index contributed by atoms with van der Waals surface area (Å²) in [5, 5.41) is 13.1. The highest BCUT2D eigenvalue weighted by atomic mass is 79.9. The van der Waals surface area contributed by atoms with Crippen LogP contribution in [0.15, 0.2) is 59.3 Å². The summed E-state index contributed by atoms with van der Waals surface area (Å²) in [5.74, 6) is -0.606. The summed E-state index contributed by atoms with van der Waals surface area (Å²) in [5.41, 5.74) is 0.831. The van der Waals surface area contributed by atoms with Crippen molar-refractivity contribution in [3.63, 3.8) is 0 Å². The van der Waals surface area contributed by atoms with E-state index in [2.05, 4.69) is 36.2 Å². The van der Waals surface area contributed by atoms with Crippen molar-refractivity contribution in [1.29, 1.82) is 0 Å². The van der Waals surface area contributed by atoms with E-state index < -0.39 is 17.3 Å². The quantitative estimate of drug-likeness (QED) is 0.682. The Morgan fingerprint density at radius 2 is 1.88 bits per heavy atom. The van der Waals surface area contributed by atoms with Crippen molar-refractivity contribution in [2.24, 2.45) is 0 Å². The predicted molar refractivity (Wildman–Crippen MR) is 102 cm³/mol. The zero-order valence-corrected chi connectivity index (χ0v) is 15.9. The molecule has 2 aromatic heterocycles. The molecule has 0 saturated carbocycles. The van der Waals surface area contributed by atoms with Gasteiger partial charge in [-0.25, -0.2) is 4.98 Å². The van der Waals surface area contributed by atoms with Crippen molar-refractivity contribution in [1.82, 2.24) is 20.3 Å². The Hall–Kier alpha value is -2.80. The van der Waals surface area contributed by atoms with Crippen molar-refractivity contribution in [3.8, 4) is 17.4 Å². The summed E-state index contributed by atoms with van der Waals surface area (Å²) < 4.78 is 0.817. The standard InChI is InChI=1S/C19H17BrN4O2/c1-19(2,12-6-4-3-5-7-12)24-18(26)14-11-22-16(23-17(14)25)15-10-13(20)8-9-21-15/h3-11H,1-2H3,(H,24,26)(H,22,23,25). The van der Waals surface area contributed by atoms with Crippen LogP contribution in [0.1, 0.15) is 29.8 Å². The van der Waals surface area contributed by atoms with Gasteiger partial charge in [-0.2, -0.15) is 4.98 Å². The number of benzene rings is 1. The molecule has 7 heteroatoms. The molecule has 2 heterocycles. The largest absolute Gasteiger partial charge is 0.493 e. The maximum atomic E-state index is 12.6. The number of halogens is 1. The Labute approximate surface area is 159 Å². The van der Waals surface area contributed by atoms with Crippen LogP contribution >= 0.6 is 15.9 Å². The molecule has 0 atom stereocenters. The number of hydrogen-bond donors (Lipinski definition) is 2. The van der Waals surface area contributed by atoms with Gasteiger partial charge in [0, 0.05) is 16.9 Å². The first kappa shape index (κ1) is 18.0. The Bertz CT molecular complexity index is 945. The van der Waals surface area contributed by atoms with Gasteiger partial charge >= 0.3 is 0 Å². The fraction of sp³-hybridized carbons (Fsp3) is 0.158. The number of aromatic hydroxyl groups is 1. The summed E-state index contributed by atoms with van der Waals surface area (Å²) in [6.07, 6.45) is 2.90. The lowest BCUT2D eigenvalue weighted by molar-refractivity contribution is 0.0908. The van der Waals surface area contributed by atoms with E-state index in [1.165, 1.54) is 6.20 Å². The molecule has 26 heavy (non-hydrogen) atoms. The number of rotatable bonds is 4. The molecule has 0 fully saturated rings. The van der Waals surface area contributed by atoms with Gasteiger partial charge in [-0.05, 0) is 31.5 Å². The molecule has 2 N–H and O–H groups in total. The molecule has 1 amide bonds. The average Bonchev–Trinajstić information content (AvgIpc) is 2.62. The van der Waals surface area contributed by atoms with Crippen LogP contribution in [0, 0.1) is 0 Å². The summed E-state index contributed by atoms with van der Waals surface area (Å²) in [6.45, 7) is 3.77. The number of aromatic nitrogens is 3. The number of amides is 1. The molecule has 0 unspecified atom stereocenters. The van der Waals surface area contributed by atoms with E-state index in [1.807, 2.05) is 44.2 Å². The summed E-state index contributed by atoms with van der Waals surface area (Å²) in [6, 6.07) is 13.1. The fourth-order valence-corrected chi connectivity index (χ4v) is 2.80. The van der Waals surface area contributed by atoms with Gasteiger partial charge in [-0.15, -0.1) is 0 Å². The predicted octanol–water partition coefficient (Wildman–Crippen LogP) is 3.67. The van der Waals surface area contributed by atoms with Crippen LogP contribution in [-0.4, -0.2) is 26.0 Å². The third kappa shape index (κ3) is 3.88. The summed E-state index contributed by atoms with van der Waals surface area (Å²) >= 11 is 3.35. The van der Waals surface area contributed by atoms with Crippen LogP contribution in [0.3, 0.4) is 0 Å². The van der Waals surface area contributed by atoms with E-state index in [1.54, 1.807) is 18.3 Å². The van der Waals surface area contributed by atoms with Gasteiger partial charge in [0.05, 0.1) is 5.54 Å². The molecule has 0 aliphatic rings. The van der Waals surface area contributed by atoms with Crippen molar-refractivity contribution >= 4 is 21.8 Å². The van der Waals surface area contributed by atoms with E-state index in [0.717, 1.165) is 10.0 Å². The third-order valence-electron chi connectivity index (χ3n) is 3.89. The molecule has 0 aliphatic heterocycles. The SMILES string of the molecule is CC(C)(NC(=O)c1cnc(-c2cc(Br)ccn2)nc1O)c1ccccc1. The first-order chi connectivity index (χ1) is 12.4. The van der Waals surface area contributed by atoms with E-state index in [4.69, 9.17) is 0 Å². The second-order valence-electron chi connectivity index (χ2n) is 6.24. The second-order valence-corrected chi connectivity index (χ2v) is 7.15. The first-order valence-electron chi connectivity index (χ1n) is 7.93. The smallest absolute Gasteiger partial charge is 0.259 e. The second kappa shape index (κ2) is 7.21. The normalized spacial score (nSPS) is 11.2. The molecule has 0 saturated heterocycles. The van der Waals surface area contributed by atoms with E-state index in [0.29, 0.717) is 5.69 Å². The minimum atomic E-state index is -0.616. The summed E-state index contributed by atoms with van der Waals surface area (Å²) in [4.78, 5) is 24.9. The van der Waals surface area contributed by atoms with Crippen molar-refractivity contribution in [2.45, 2.75) is 19.4 Å². The van der Waals surface area contributed by atoms with Gasteiger partial charge in [0.1, 0.15) is 11.3 Å². The van der Waals surface area contributed by atoms with Gasteiger partial charge in [-0.3, -0.25) is 9.78 Å². The zero-order chi connectivity index (χ0) is 18.7. The molecular weight excluding hydrogens is 396 g/mol. The molecule has 3 aromatic rings. The zero-order valence-electron chi connectivity index (χ0n) is 14.3. The number of hydrogen-bond acceptors (Lipinski definition) is 5. The van der Waals surface area contributed by atoms with Crippen molar-refractivity contribution in [2.75, 3.05) is 0 Å². The average molecular weight is 413 g/mol. The van der Waals surface area contributed by atoms with E-state index in [9.17, 15) is 9.90 Å². The monoisotopic (exact) mass is 412 g/mol. The molecule has 0 aliphatic carbocycles. The molecule has 132 valence electrons. The minimum Gasteiger partial charge on any atom is -0.493 e. The fourth-order valence-electron chi connectivity index (χ4n) is 2.46. The summed E-state index contributed by atoms with van der Waals surface area (Å²) in [7, 11) is 0. The third-order valence-corrected chi connectivity index (χ3v) is 4.38. The molecule has 1 aromatic carbocycles. The van der Waals surface area contributed by atoms with Gasteiger partial charge < -0.3 is 10.4 Å². The molecule has 6 nitrogen and oxygen atoms in total. The first-order valence-corrected chi connectivity index (χ1v) is 8.72. The van der Waals surface area contributed by atoms with Crippen LogP contribution in [0.25, 0.3) is 11.5 Å². The number of carbonyl (C=O) groups is 1. The van der Waals surface area contributed by atoms with Crippen LogP contribution in [0.5, 0.6) is 5.88 Å². The highest BCUT2D eigenvalue weighted by molar-refractivity contribution is 9.10. The lowest BCUT2D eigenvalue weighted by atomic mass is 9.94. The van der Waals surface area contributed by atoms with Crippen LogP contribution in [0.4, 0.5) is 0 Å². The van der Waals surface area contributed by atoms with Gasteiger partial charge in [0.15, 0.2) is 5.82 Å². The van der Waals surface area contributed by atoms with Crippen LogP contribution in [0.2, 0.25) is 0 Å². The van der Waals surface area contributed by atoms with Crippen molar-refractivity contribution < 1.29 is 9.90 Å². The van der Waals surface area contributed by atoms with Crippen molar-refractivity contribution in [3.05, 3.63) is 70.5 Å². The highest BCUT2D eigenvalue weighted by Gasteiger charge is 2.25. The molecular formula is C19H17BrN4O2. The van der Waals surface area contributed by atoms with Gasteiger partial charge in [0.25, 0.3) is 5.91 Å². The molecule has 3 rings (SSSR count). The van der Waals surface area contributed by atoms with Gasteiger partial charge in [-0.1, -0.05) is 46.3 Å². The maximum Gasteiger partial charge on any atom is 0.259 e. The Kier molecular flexibility index (Phi) is 4.99. The molecule has 0 radical (unpaired) electrons. The Morgan fingerprint density at radius 1 is 1.15 bits per heavy atom.